The lowest BCUT2D eigenvalue weighted by molar-refractivity contribution is -0.121. The van der Waals surface area contributed by atoms with Gasteiger partial charge in [0.05, 0.1) is 3.79 Å². The average molecular weight is 429 g/mol. The summed E-state index contributed by atoms with van der Waals surface area (Å²) in [6, 6.07) is 8.44. The fourth-order valence-corrected chi connectivity index (χ4v) is 3.22. The van der Waals surface area contributed by atoms with Gasteiger partial charge in [0.15, 0.2) is 6.61 Å². The van der Waals surface area contributed by atoms with Crippen LogP contribution in [-0.2, 0) is 14.3 Å². The number of hydrogen-bond donors (Lipinski definition) is 1. The van der Waals surface area contributed by atoms with Crippen LogP contribution in [0.2, 0.25) is 0 Å². The Balaban J connectivity index is 2.05. The van der Waals surface area contributed by atoms with E-state index < -0.39 is 30.2 Å². The van der Waals surface area contributed by atoms with Gasteiger partial charge in [-0.1, -0.05) is 0 Å². The van der Waals surface area contributed by atoms with Gasteiger partial charge in [0.1, 0.15) is 10.7 Å². The Kier molecular flexibility index (Phi) is 6.65. The SMILES string of the molecule is NC(=O)CCN(C(=O)COC(=O)c1ccc(Br)s1)c1ccc(F)cc1. The highest BCUT2D eigenvalue weighted by molar-refractivity contribution is 9.11. The molecular formula is C16H14BrFN2O4S. The zero-order chi connectivity index (χ0) is 18.4. The smallest absolute Gasteiger partial charge is 0.348 e. The summed E-state index contributed by atoms with van der Waals surface area (Å²) in [5.74, 6) is -2.21. The second-order valence-electron chi connectivity index (χ2n) is 4.92. The summed E-state index contributed by atoms with van der Waals surface area (Å²) >= 11 is 4.42. The maximum atomic E-state index is 13.1. The molecule has 0 radical (unpaired) electrons. The van der Waals surface area contributed by atoms with Crippen LogP contribution >= 0.6 is 27.3 Å². The fraction of sp³-hybridized carbons (Fsp3) is 0.188. The molecule has 6 nitrogen and oxygen atoms in total. The van der Waals surface area contributed by atoms with Crippen LogP contribution < -0.4 is 10.6 Å². The number of hydrogen-bond acceptors (Lipinski definition) is 5. The molecule has 1 aromatic heterocycles. The van der Waals surface area contributed by atoms with Gasteiger partial charge >= 0.3 is 5.97 Å². The Morgan fingerprint density at radius 1 is 1.16 bits per heavy atom. The van der Waals surface area contributed by atoms with Gasteiger partial charge in [-0.3, -0.25) is 9.59 Å². The summed E-state index contributed by atoms with van der Waals surface area (Å²) < 4.78 is 18.8. The monoisotopic (exact) mass is 428 g/mol. The Bertz CT molecular complexity index is 779. The summed E-state index contributed by atoms with van der Waals surface area (Å²) in [5, 5.41) is 0. The number of anilines is 1. The third kappa shape index (κ3) is 5.64. The molecule has 0 bridgehead atoms. The first-order valence-corrected chi connectivity index (χ1v) is 8.74. The lowest BCUT2D eigenvalue weighted by atomic mass is 10.2. The van der Waals surface area contributed by atoms with Crippen LogP contribution in [0.15, 0.2) is 40.2 Å². The maximum Gasteiger partial charge on any atom is 0.348 e. The van der Waals surface area contributed by atoms with Gasteiger partial charge in [-0.15, -0.1) is 11.3 Å². The van der Waals surface area contributed by atoms with Gasteiger partial charge in [0.25, 0.3) is 5.91 Å². The van der Waals surface area contributed by atoms with Crippen LogP contribution in [0.4, 0.5) is 10.1 Å². The highest BCUT2D eigenvalue weighted by atomic mass is 79.9. The molecule has 0 aliphatic rings. The van der Waals surface area contributed by atoms with E-state index in [-0.39, 0.29) is 13.0 Å². The number of benzene rings is 1. The molecule has 2 rings (SSSR count). The number of carbonyl (C=O) groups is 3. The van der Waals surface area contributed by atoms with E-state index in [2.05, 4.69) is 15.9 Å². The van der Waals surface area contributed by atoms with E-state index in [1.807, 2.05) is 0 Å². The molecule has 1 heterocycles. The summed E-state index contributed by atoms with van der Waals surface area (Å²) in [7, 11) is 0. The van der Waals surface area contributed by atoms with E-state index in [1.54, 1.807) is 12.1 Å². The molecular weight excluding hydrogens is 415 g/mol. The maximum absolute atomic E-state index is 13.1. The number of esters is 1. The molecule has 2 amide bonds. The number of nitrogens with two attached hydrogens (primary N) is 1. The van der Waals surface area contributed by atoms with E-state index in [0.717, 1.165) is 3.79 Å². The zero-order valence-corrected chi connectivity index (χ0v) is 15.3. The lowest BCUT2D eigenvalue weighted by Gasteiger charge is -2.22. The number of nitrogens with zero attached hydrogens (tertiary/aromatic N) is 1. The van der Waals surface area contributed by atoms with Gasteiger partial charge in [-0.05, 0) is 52.3 Å². The zero-order valence-electron chi connectivity index (χ0n) is 12.9. The number of amides is 2. The van der Waals surface area contributed by atoms with Crippen LogP contribution in [0, 0.1) is 5.82 Å². The minimum Gasteiger partial charge on any atom is -0.451 e. The number of thiophene rings is 1. The molecule has 0 saturated heterocycles. The molecule has 2 aromatic rings. The topological polar surface area (TPSA) is 89.7 Å². The van der Waals surface area contributed by atoms with Crippen molar-refractivity contribution in [2.24, 2.45) is 5.73 Å². The van der Waals surface area contributed by atoms with Crippen LogP contribution in [-0.4, -0.2) is 30.9 Å². The minimum atomic E-state index is -0.627. The molecule has 25 heavy (non-hydrogen) atoms. The highest BCUT2D eigenvalue weighted by Crippen LogP contribution is 2.23. The molecule has 0 aliphatic carbocycles. The first-order chi connectivity index (χ1) is 11.9. The standard InChI is InChI=1S/C16H14BrFN2O4S/c17-13-6-5-12(25-13)16(23)24-9-15(22)20(8-7-14(19)21)11-3-1-10(18)2-4-11/h1-6H,7-9H2,(H2,19,21). The van der Waals surface area contributed by atoms with Crippen molar-refractivity contribution >= 4 is 50.7 Å². The second kappa shape index (κ2) is 8.72. The van der Waals surface area contributed by atoms with Crippen LogP contribution in [0.3, 0.4) is 0 Å². The van der Waals surface area contributed by atoms with E-state index >= 15 is 0 Å². The Hall–Kier alpha value is -2.26. The predicted molar refractivity (Wildman–Crippen MR) is 94.9 cm³/mol. The van der Waals surface area contributed by atoms with Crippen molar-refractivity contribution in [1.82, 2.24) is 0 Å². The molecule has 0 aliphatic heterocycles. The number of halogens is 2. The molecule has 2 N–H and O–H groups in total. The molecule has 132 valence electrons. The summed E-state index contributed by atoms with van der Waals surface area (Å²) in [6.45, 7) is -0.508. The molecule has 1 aromatic carbocycles. The van der Waals surface area contributed by atoms with E-state index in [1.165, 1.54) is 40.5 Å². The summed E-state index contributed by atoms with van der Waals surface area (Å²) in [5.41, 5.74) is 5.50. The fourth-order valence-electron chi connectivity index (χ4n) is 1.94. The van der Waals surface area contributed by atoms with Crippen molar-refractivity contribution in [1.29, 1.82) is 0 Å². The van der Waals surface area contributed by atoms with Gasteiger partial charge < -0.3 is 15.4 Å². The lowest BCUT2D eigenvalue weighted by Crippen LogP contribution is -2.37. The normalized spacial score (nSPS) is 10.3. The van der Waals surface area contributed by atoms with Gasteiger partial charge in [0.2, 0.25) is 5.91 Å². The Labute approximate surface area is 155 Å². The number of carbonyl (C=O) groups excluding carboxylic acids is 3. The van der Waals surface area contributed by atoms with E-state index in [0.29, 0.717) is 10.6 Å². The minimum absolute atomic E-state index is 0.00188. The first kappa shape index (κ1) is 19.1. The van der Waals surface area contributed by atoms with Crippen molar-refractivity contribution < 1.29 is 23.5 Å². The van der Waals surface area contributed by atoms with Crippen LogP contribution in [0.25, 0.3) is 0 Å². The molecule has 0 saturated carbocycles. The Morgan fingerprint density at radius 2 is 1.84 bits per heavy atom. The third-order valence-electron chi connectivity index (χ3n) is 3.12. The van der Waals surface area contributed by atoms with Crippen LogP contribution in [0.1, 0.15) is 16.1 Å². The molecule has 0 fully saturated rings. The first-order valence-electron chi connectivity index (χ1n) is 7.13. The number of primary amides is 1. The number of ether oxygens (including phenoxy) is 1. The second-order valence-corrected chi connectivity index (χ2v) is 7.38. The average Bonchev–Trinajstić information content (AvgIpc) is 3.00. The van der Waals surface area contributed by atoms with Crippen molar-refractivity contribution in [3.63, 3.8) is 0 Å². The van der Waals surface area contributed by atoms with E-state index in [9.17, 15) is 18.8 Å². The molecule has 9 heteroatoms. The quantitative estimate of drug-likeness (QED) is 0.686. The molecule has 0 spiro atoms. The summed E-state index contributed by atoms with van der Waals surface area (Å²) in [4.78, 5) is 36.9. The molecule has 0 unspecified atom stereocenters. The largest absolute Gasteiger partial charge is 0.451 e. The third-order valence-corrected chi connectivity index (χ3v) is 4.73. The molecule has 0 atom stereocenters. The Morgan fingerprint density at radius 3 is 2.40 bits per heavy atom. The number of rotatable bonds is 7. The summed E-state index contributed by atoms with van der Waals surface area (Å²) in [6.07, 6.45) is -0.0745. The van der Waals surface area contributed by atoms with Gasteiger partial charge in [-0.25, -0.2) is 9.18 Å². The van der Waals surface area contributed by atoms with Gasteiger partial charge in [-0.2, -0.15) is 0 Å². The van der Waals surface area contributed by atoms with E-state index in [4.69, 9.17) is 10.5 Å². The predicted octanol–water partition coefficient (Wildman–Crippen LogP) is 2.72. The highest BCUT2D eigenvalue weighted by Gasteiger charge is 2.19. The van der Waals surface area contributed by atoms with Crippen molar-refractivity contribution in [2.45, 2.75) is 6.42 Å². The van der Waals surface area contributed by atoms with Gasteiger partial charge in [0, 0.05) is 18.7 Å². The van der Waals surface area contributed by atoms with Crippen molar-refractivity contribution in [2.75, 3.05) is 18.1 Å². The van der Waals surface area contributed by atoms with Crippen LogP contribution in [0.5, 0.6) is 0 Å². The van der Waals surface area contributed by atoms with Crippen molar-refractivity contribution in [3.05, 3.63) is 50.9 Å². The van der Waals surface area contributed by atoms with Crippen molar-refractivity contribution in [3.8, 4) is 0 Å².